The molecule has 0 saturated heterocycles. The van der Waals surface area contributed by atoms with Crippen LogP contribution in [0.1, 0.15) is 5.69 Å². The van der Waals surface area contributed by atoms with Crippen molar-refractivity contribution in [2.24, 2.45) is 0 Å². The van der Waals surface area contributed by atoms with Gasteiger partial charge < -0.3 is 0 Å². The van der Waals surface area contributed by atoms with Crippen LogP contribution >= 0.6 is 0 Å². The zero-order valence-corrected chi connectivity index (χ0v) is 6.98. The Labute approximate surface area is 74.0 Å². The molecule has 2 rings (SSSR count). The molecule has 4 nitrogen and oxygen atoms in total. The molecule has 2 aromatic rings. The molecule has 0 aliphatic carbocycles. The number of halogens is 1. The summed E-state index contributed by atoms with van der Waals surface area (Å²) in [5, 5.41) is 11.2. The van der Waals surface area contributed by atoms with Gasteiger partial charge >= 0.3 is 0 Å². The summed E-state index contributed by atoms with van der Waals surface area (Å²) in [7, 11) is 0. The third-order valence-corrected chi connectivity index (χ3v) is 1.67. The van der Waals surface area contributed by atoms with E-state index in [9.17, 15) is 4.39 Å². The summed E-state index contributed by atoms with van der Waals surface area (Å²) < 4.78 is 14.3. The van der Waals surface area contributed by atoms with E-state index < -0.39 is 0 Å². The molecule has 0 amide bonds. The van der Waals surface area contributed by atoms with Gasteiger partial charge in [-0.2, -0.15) is 15.3 Å². The molecule has 0 saturated carbocycles. The van der Waals surface area contributed by atoms with Crippen LogP contribution in [0.5, 0.6) is 0 Å². The van der Waals surface area contributed by atoms with Gasteiger partial charge in [-0.3, -0.25) is 0 Å². The van der Waals surface area contributed by atoms with Gasteiger partial charge in [0.15, 0.2) is 5.82 Å². The van der Waals surface area contributed by atoms with Crippen LogP contribution in [0, 0.1) is 12.7 Å². The molecule has 0 aliphatic rings. The molecule has 0 spiro atoms. The fourth-order valence-corrected chi connectivity index (χ4v) is 0.991. The van der Waals surface area contributed by atoms with Crippen molar-refractivity contribution in [2.75, 3.05) is 0 Å². The summed E-state index contributed by atoms with van der Waals surface area (Å²) in [6, 6.07) is 1.71. The number of nitrogens with zero attached hydrogens (tertiary/aromatic N) is 4. The highest BCUT2D eigenvalue weighted by Crippen LogP contribution is 2.07. The molecule has 0 fully saturated rings. The predicted molar refractivity (Wildman–Crippen MR) is 43.8 cm³/mol. The molecule has 66 valence electrons. The summed E-state index contributed by atoms with van der Waals surface area (Å²) in [4.78, 5) is 0. The summed E-state index contributed by atoms with van der Waals surface area (Å²) in [6.07, 6.45) is 4.36. The fourth-order valence-electron chi connectivity index (χ4n) is 0.991. The minimum atomic E-state index is -0.322. The second kappa shape index (κ2) is 2.93. The second-order valence-corrected chi connectivity index (χ2v) is 2.61. The molecule has 2 heterocycles. The van der Waals surface area contributed by atoms with Crippen molar-refractivity contribution >= 4 is 0 Å². The molecule has 13 heavy (non-hydrogen) atoms. The quantitative estimate of drug-likeness (QED) is 0.657. The fraction of sp³-hybridized carbons (Fsp3) is 0.125. The monoisotopic (exact) mass is 178 g/mol. The topological polar surface area (TPSA) is 43.6 Å². The molecule has 5 heteroatoms. The van der Waals surface area contributed by atoms with Gasteiger partial charge in [-0.25, -0.2) is 9.07 Å². The van der Waals surface area contributed by atoms with Crippen molar-refractivity contribution < 1.29 is 4.39 Å². The Kier molecular flexibility index (Phi) is 1.77. The van der Waals surface area contributed by atoms with E-state index in [0.717, 1.165) is 0 Å². The standard InChI is InChI=1S/C8H7FN4/c1-6-8(9)5-13(12-6)7-2-3-10-11-4-7/h2-5H,1H3. The molecule has 0 atom stereocenters. The molecular formula is C8H7FN4. The van der Waals surface area contributed by atoms with Gasteiger partial charge in [0.1, 0.15) is 0 Å². The second-order valence-electron chi connectivity index (χ2n) is 2.61. The smallest absolute Gasteiger partial charge is 0.164 e. The molecule has 2 aromatic heterocycles. The number of hydrogen-bond acceptors (Lipinski definition) is 3. The van der Waals surface area contributed by atoms with E-state index in [-0.39, 0.29) is 5.82 Å². The third-order valence-electron chi connectivity index (χ3n) is 1.67. The predicted octanol–water partition coefficient (Wildman–Crippen LogP) is 1.11. The lowest BCUT2D eigenvalue weighted by molar-refractivity contribution is 0.618. The molecular weight excluding hydrogens is 171 g/mol. The van der Waals surface area contributed by atoms with Crippen molar-refractivity contribution in [2.45, 2.75) is 6.92 Å². The largest absolute Gasteiger partial charge is 0.236 e. The third kappa shape index (κ3) is 1.40. The van der Waals surface area contributed by atoms with Crippen LogP contribution in [0.4, 0.5) is 4.39 Å². The van der Waals surface area contributed by atoms with Gasteiger partial charge in [-0.15, -0.1) is 0 Å². The first-order valence-electron chi connectivity index (χ1n) is 3.76. The highest BCUT2D eigenvalue weighted by Gasteiger charge is 2.04. The van der Waals surface area contributed by atoms with Crippen LogP contribution in [0.25, 0.3) is 5.69 Å². The lowest BCUT2D eigenvalue weighted by Gasteiger charge is -1.96. The molecule has 0 bridgehead atoms. The Morgan fingerprint density at radius 3 is 2.77 bits per heavy atom. The Morgan fingerprint density at radius 2 is 2.23 bits per heavy atom. The first kappa shape index (κ1) is 7.85. The van der Waals surface area contributed by atoms with Crippen LogP contribution in [-0.2, 0) is 0 Å². The average molecular weight is 178 g/mol. The van der Waals surface area contributed by atoms with Crippen LogP contribution in [0.2, 0.25) is 0 Å². The lowest BCUT2D eigenvalue weighted by Crippen LogP contribution is -1.95. The Balaban J connectivity index is 2.48. The number of aryl methyl sites for hydroxylation is 1. The molecule has 0 radical (unpaired) electrons. The SMILES string of the molecule is Cc1nn(-c2ccnnc2)cc1F. The van der Waals surface area contributed by atoms with Crippen LogP contribution in [-0.4, -0.2) is 20.0 Å². The molecule has 0 aliphatic heterocycles. The van der Waals surface area contributed by atoms with Crippen molar-refractivity contribution in [3.8, 4) is 5.69 Å². The van der Waals surface area contributed by atoms with Crippen molar-refractivity contribution in [1.82, 2.24) is 20.0 Å². The molecule has 0 N–H and O–H groups in total. The van der Waals surface area contributed by atoms with Gasteiger partial charge in [0.25, 0.3) is 0 Å². The highest BCUT2D eigenvalue weighted by molar-refractivity contribution is 5.25. The van der Waals surface area contributed by atoms with E-state index in [4.69, 9.17) is 0 Å². The van der Waals surface area contributed by atoms with Crippen molar-refractivity contribution in [1.29, 1.82) is 0 Å². The molecule has 0 unspecified atom stereocenters. The summed E-state index contributed by atoms with van der Waals surface area (Å²) in [5.41, 5.74) is 1.07. The van der Waals surface area contributed by atoms with Gasteiger partial charge in [0, 0.05) is 0 Å². The number of rotatable bonds is 1. The van der Waals surface area contributed by atoms with Gasteiger partial charge in [-0.05, 0) is 13.0 Å². The Morgan fingerprint density at radius 1 is 1.38 bits per heavy atom. The van der Waals surface area contributed by atoms with E-state index in [2.05, 4.69) is 15.3 Å². The van der Waals surface area contributed by atoms with E-state index >= 15 is 0 Å². The maximum atomic E-state index is 12.9. The normalized spacial score (nSPS) is 10.3. The van der Waals surface area contributed by atoms with Gasteiger partial charge in [-0.1, -0.05) is 0 Å². The summed E-state index contributed by atoms with van der Waals surface area (Å²) in [5.74, 6) is -0.322. The molecule has 0 aromatic carbocycles. The minimum absolute atomic E-state index is 0.322. The van der Waals surface area contributed by atoms with E-state index in [0.29, 0.717) is 11.4 Å². The maximum absolute atomic E-state index is 12.9. The summed E-state index contributed by atoms with van der Waals surface area (Å²) >= 11 is 0. The van der Waals surface area contributed by atoms with Gasteiger partial charge in [0.2, 0.25) is 0 Å². The van der Waals surface area contributed by atoms with Gasteiger partial charge in [0.05, 0.1) is 30.0 Å². The van der Waals surface area contributed by atoms with E-state index in [1.165, 1.54) is 23.3 Å². The maximum Gasteiger partial charge on any atom is 0.164 e. The van der Waals surface area contributed by atoms with Crippen LogP contribution in [0.15, 0.2) is 24.7 Å². The lowest BCUT2D eigenvalue weighted by atomic mass is 10.5. The first-order valence-corrected chi connectivity index (χ1v) is 3.76. The zero-order valence-electron chi connectivity index (χ0n) is 6.98. The zero-order chi connectivity index (χ0) is 9.26. The number of aromatic nitrogens is 4. The average Bonchev–Trinajstić information content (AvgIpc) is 2.49. The Hall–Kier alpha value is -1.78. The number of hydrogen-bond donors (Lipinski definition) is 0. The summed E-state index contributed by atoms with van der Waals surface area (Å²) in [6.45, 7) is 1.61. The van der Waals surface area contributed by atoms with E-state index in [1.807, 2.05) is 0 Å². The van der Waals surface area contributed by atoms with Crippen LogP contribution in [0.3, 0.4) is 0 Å². The van der Waals surface area contributed by atoms with Crippen molar-refractivity contribution in [3.63, 3.8) is 0 Å². The van der Waals surface area contributed by atoms with Crippen LogP contribution < -0.4 is 0 Å². The van der Waals surface area contributed by atoms with E-state index in [1.54, 1.807) is 13.0 Å². The highest BCUT2D eigenvalue weighted by atomic mass is 19.1. The van der Waals surface area contributed by atoms with Crippen molar-refractivity contribution in [3.05, 3.63) is 36.2 Å². The first-order chi connectivity index (χ1) is 6.27. The Bertz CT molecular complexity index is 390. The minimum Gasteiger partial charge on any atom is -0.236 e.